The number of methoxy groups -OCH3 is 1. The van der Waals surface area contributed by atoms with Gasteiger partial charge in [0.05, 0.1) is 18.6 Å². The molecule has 1 aromatic carbocycles. The number of rotatable bonds is 5. The van der Waals surface area contributed by atoms with E-state index in [-0.39, 0.29) is 23.1 Å². The van der Waals surface area contributed by atoms with Gasteiger partial charge in [0.15, 0.2) is 9.84 Å². The summed E-state index contributed by atoms with van der Waals surface area (Å²) in [7, 11) is -1.24. The molecule has 0 spiro atoms. The maximum absolute atomic E-state index is 11.7. The van der Waals surface area contributed by atoms with Crippen LogP contribution in [0.1, 0.15) is 38.3 Å². The summed E-state index contributed by atoms with van der Waals surface area (Å²) in [5, 5.41) is 3.53. The van der Waals surface area contributed by atoms with E-state index in [0.717, 1.165) is 12.2 Å². The van der Waals surface area contributed by atoms with Gasteiger partial charge in [0.1, 0.15) is 5.75 Å². The molecule has 1 aromatic rings. The van der Waals surface area contributed by atoms with Crippen LogP contribution in [-0.4, -0.2) is 32.6 Å². The van der Waals surface area contributed by atoms with Crippen LogP contribution in [0.25, 0.3) is 0 Å². The quantitative estimate of drug-likeness (QED) is 0.906. The second-order valence-electron chi connectivity index (χ2n) is 5.78. The Labute approximate surface area is 121 Å². The predicted octanol–water partition coefficient (Wildman–Crippen LogP) is 2.31. The van der Waals surface area contributed by atoms with Crippen molar-refractivity contribution in [1.82, 2.24) is 5.32 Å². The zero-order valence-electron chi connectivity index (χ0n) is 12.3. The van der Waals surface area contributed by atoms with E-state index in [1.165, 1.54) is 5.56 Å². The molecule has 0 bridgehead atoms. The lowest BCUT2D eigenvalue weighted by molar-refractivity contribution is 0.337. The fraction of sp³-hybridized carbons (Fsp3) is 0.600. The Morgan fingerprint density at radius 2 is 2.00 bits per heavy atom. The van der Waals surface area contributed by atoms with Gasteiger partial charge in [-0.2, -0.15) is 0 Å². The van der Waals surface area contributed by atoms with Crippen molar-refractivity contribution >= 4 is 9.84 Å². The highest BCUT2D eigenvalue weighted by molar-refractivity contribution is 7.91. The maximum atomic E-state index is 11.7. The monoisotopic (exact) mass is 297 g/mol. The Balaban J connectivity index is 2.12. The van der Waals surface area contributed by atoms with E-state index in [1.54, 1.807) is 7.11 Å². The highest BCUT2D eigenvalue weighted by Gasteiger charge is 2.39. The van der Waals surface area contributed by atoms with E-state index in [4.69, 9.17) is 4.74 Å². The first kappa shape index (κ1) is 15.3. The molecule has 4 nitrogen and oxygen atoms in total. The molecule has 1 aliphatic rings. The van der Waals surface area contributed by atoms with Crippen LogP contribution in [-0.2, 0) is 9.84 Å². The Kier molecular flexibility index (Phi) is 4.39. The first-order chi connectivity index (χ1) is 9.37. The van der Waals surface area contributed by atoms with Gasteiger partial charge in [0, 0.05) is 11.6 Å². The third-order valence-electron chi connectivity index (χ3n) is 3.95. The standard InChI is InChI=1S/C15H23NO3S/c1-4-14(12-5-7-13(19-3)8-6-12)16-15(2)9-10-20(17,18)11-15/h5-8,14,16H,4,9-11H2,1-3H3. The average molecular weight is 297 g/mol. The highest BCUT2D eigenvalue weighted by atomic mass is 32.2. The lowest BCUT2D eigenvalue weighted by Crippen LogP contribution is -2.45. The van der Waals surface area contributed by atoms with Gasteiger partial charge in [-0.25, -0.2) is 8.42 Å². The second-order valence-corrected chi connectivity index (χ2v) is 7.97. The Morgan fingerprint density at radius 3 is 2.45 bits per heavy atom. The van der Waals surface area contributed by atoms with Crippen LogP contribution < -0.4 is 10.1 Å². The largest absolute Gasteiger partial charge is 0.497 e. The van der Waals surface area contributed by atoms with Crippen LogP contribution >= 0.6 is 0 Å². The van der Waals surface area contributed by atoms with E-state index >= 15 is 0 Å². The summed E-state index contributed by atoms with van der Waals surface area (Å²) in [5.74, 6) is 1.35. The molecule has 5 heteroatoms. The SMILES string of the molecule is CCC(NC1(C)CCS(=O)(=O)C1)c1ccc(OC)cc1. The van der Waals surface area contributed by atoms with Crippen molar-refractivity contribution in [3.05, 3.63) is 29.8 Å². The molecule has 20 heavy (non-hydrogen) atoms. The molecule has 1 heterocycles. The molecular weight excluding hydrogens is 274 g/mol. The number of hydrogen-bond acceptors (Lipinski definition) is 4. The molecule has 0 radical (unpaired) electrons. The van der Waals surface area contributed by atoms with Crippen LogP contribution in [0.15, 0.2) is 24.3 Å². The van der Waals surface area contributed by atoms with Crippen LogP contribution in [0.5, 0.6) is 5.75 Å². The summed E-state index contributed by atoms with van der Waals surface area (Å²) in [4.78, 5) is 0. The third kappa shape index (κ3) is 3.52. The van der Waals surface area contributed by atoms with Crippen molar-refractivity contribution in [2.24, 2.45) is 0 Å². The van der Waals surface area contributed by atoms with Gasteiger partial charge in [0.2, 0.25) is 0 Å². The predicted molar refractivity (Wildman–Crippen MR) is 80.8 cm³/mol. The summed E-state index contributed by atoms with van der Waals surface area (Å²) in [6.07, 6.45) is 1.60. The number of ether oxygens (including phenoxy) is 1. The van der Waals surface area contributed by atoms with Gasteiger partial charge in [-0.3, -0.25) is 0 Å². The highest BCUT2D eigenvalue weighted by Crippen LogP contribution is 2.28. The smallest absolute Gasteiger partial charge is 0.152 e. The fourth-order valence-corrected chi connectivity index (χ4v) is 4.91. The van der Waals surface area contributed by atoms with Gasteiger partial charge in [0.25, 0.3) is 0 Å². The van der Waals surface area contributed by atoms with Crippen molar-refractivity contribution in [3.8, 4) is 5.75 Å². The van der Waals surface area contributed by atoms with Crippen LogP contribution in [0.3, 0.4) is 0 Å². The summed E-state index contributed by atoms with van der Waals surface area (Å²) < 4.78 is 28.5. The summed E-state index contributed by atoms with van der Waals surface area (Å²) in [6, 6.07) is 8.11. The van der Waals surface area contributed by atoms with Gasteiger partial charge < -0.3 is 10.1 Å². The lowest BCUT2D eigenvalue weighted by atomic mass is 9.96. The zero-order valence-corrected chi connectivity index (χ0v) is 13.2. The number of nitrogens with one attached hydrogen (secondary N) is 1. The minimum atomic E-state index is -2.88. The Bertz CT molecular complexity index is 553. The number of sulfone groups is 1. The molecule has 1 aliphatic heterocycles. The second kappa shape index (κ2) is 5.74. The molecule has 0 aromatic heterocycles. The van der Waals surface area contributed by atoms with E-state index in [1.807, 2.05) is 31.2 Å². The maximum Gasteiger partial charge on any atom is 0.152 e. The van der Waals surface area contributed by atoms with Crippen LogP contribution in [0.2, 0.25) is 0 Å². The summed E-state index contributed by atoms with van der Waals surface area (Å²) in [5.41, 5.74) is 0.846. The van der Waals surface area contributed by atoms with E-state index in [0.29, 0.717) is 6.42 Å². The molecule has 1 N–H and O–H groups in total. The van der Waals surface area contributed by atoms with Crippen LogP contribution in [0, 0.1) is 0 Å². The first-order valence-corrected chi connectivity index (χ1v) is 8.82. The topological polar surface area (TPSA) is 55.4 Å². The van der Waals surface area contributed by atoms with Gasteiger partial charge in [-0.15, -0.1) is 0 Å². The molecule has 1 saturated heterocycles. The van der Waals surface area contributed by atoms with Crippen LogP contribution in [0.4, 0.5) is 0 Å². The Morgan fingerprint density at radius 1 is 1.35 bits per heavy atom. The van der Waals surface area contributed by atoms with Crippen molar-refractivity contribution in [1.29, 1.82) is 0 Å². The lowest BCUT2D eigenvalue weighted by Gasteiger charge is -2.30. The molecule has 0 aliphatic carbocycles. The van der Waals surface area contributed by atoms with Gasteiger partial charge in [-0.1, -0.05) is 19.1 Å². The zero-order chi connectivity index (χ0) is 14.8. The molecule has 0 saturated carbocycles. The third-order valence-corrected chi connectivity index (χ3v) is 5.86. The molecule has 2 atom stereocenters. The minimum absolute atomic E-state index is 0.166. The van der Waals surface area contributed by atoms with E-state index in [9.17, 15) is 8.42 Å². The fourth-order valence-electron chi connectivity index (χ4n) is 2.80. The molecule has 2 unspecified atom stereocenters. The van der Waals surface area contributed by atoms with E-state index in [2.05, 4.69) is 12.2 Å². The Hall–Kier alpha value is -1.07. The normalized spacial score (nSPS) is 26.4. The van der Waals surface area contributed by atoms with Gasteiger partial charge >= 0.3 is 0 Å². The summed E-state index contributed by atoms with van der Waals surface area (Å²) >= 11 is 0. The molecular formula is C15H23NO3S. The van der Waals surface area contributed by atoms with Crippen molar-refractivity contribution in [2.75, 3.05) is 18.6 Å². The number of hydrogen-bond donors (Lipinski definition) is 1. The average Bonchev–Trinajstić information content (AvgIpc) is 2.70. The minimum Gasteiger partial charge on any atom is -0.497 e. The molecule has 0 amide bonds. The van der Waals surface area contributed by atoms with Crippen molar-refractivity contribution < 1.29 is 13.2 Å². The van der Waals surface area contributed by atoms with Crippen molar-refractivity contribution in [2.45, 2.75) is 38.3 Å². The first-order valence-electron chi connectivity index (χ1n) is 6.99. The molecule has 2 rings (SSSR count). The van der Waals surface area contributed by atoms with Crippen molar-refractivity contribution in [3.63, 3.8) is 0 Å². The molecule has 1 fully saturated rings. The summed E-state index contributed by atoms with van der Waals surface area (Å²) in [6.45, 7) is 4.11. The molecule has 112 valence electrons. The number of benzene rings is 1. The van der Waals surface area contributed by atoms with E-state index < -0.39 is 9.84 Å². The van der Waals surface area contributed by atoms with Gasteiger partial charge in [-0.05, 0) is 37.5 Å².